The smallest absolute Gasteiger partial charge is 0.235 e. The van der Waals surface area contributed by atoms with Gasteiger partial charge in [-0.15, -0.1) is 0 Å². The van der Waals surface area contributed by atoms with Crippen molar-refractivity contribution in [2.45, 2.75) is 31.3 Å². The molecule has 0 spiro atoms. The number of aliphatic hydroxyl groups is 1. The van der Waals surface area contributed by atoms with Crippen LogP contribution in [0, 0.1) is 5.82 Å². The molecule has 114 valence electrons. The molecule has 2 aromatic rings. The summed E-state index contributed by atoms with van der Waals surface area (Å²) in [5.74, 6) is -0.432. The van der Waals surface area contributed by atoms with E-state index in [1.54, 1.807) is 30.3 Å². The number of hydrogen-bond acceptors (Lipinski definition) is 2. The van der Waals surface area contributed by atoms with E-state index < -0.39 is 5.41 Å². The molecule has 1 aliphatic rings. The zero-order valence-corrected chi connectivity index (χ0v) is 12.2. The Morgan fingerprint density at radius 2 is 1.95 bits per heavy atom. The van der Waals surface area contributed by atoms with Crippen LogP contribution in [-0.4, -0.2) is 11.0 Å². The third-order valence-corrected chi connectivity index (χ3v) is 4.39. The molecule has 0 aliphatic heterocycles. The first-order valence-corrected chi connectivity index (χ1v) is 7.41. The SMILES string of the molecule is O=C(Nc1cccc(CO)c1)C1(c2cccc(F)c2)CCC1. The van der Waals surface area contributed by atoms with E-state index in [4.69, 9.17) is 5.11 Å². The van der Waals surface area contributed by atoms with Gasteiger partial charge in [-0.2, -0.15) is 0 Å². The largest absolute Gasteiger partial charge is 0.392 e. The predicted octanol–water partition coefficient (Wildman–Crippen LogP) is 3.38. The van der Waals surface area contributed by atoms with Gasteiger partial charge in [0.05, 0.1) is 12.0 Å². The lowest BCUT2D eigenvalue weighted by Gasteiger charge is -2.40. The number of benzene rings is 2. The van der Waals surface area contributed by atoms with Crippen LogP contribution < -0.4 is 5.32 Å². The maximum Gasteiger partial charge on any atom is 0.235 e. The number of halogens is 1. The van der Waals surface area contributed by atoms with Gasteiger partial charge in [0.1, 0.15) is 5.82 Å². The minimum atomic E-state index is -0.642. The van der Waals surface area contributed by atoms with Crippen LogP contribution in [0.25, 0.3) is 0 Å². The minimum absolute atomic E-state index is 0.0707. The molecule has 4 heteroatoms. The lowest BCUT2D eigenvalue weighted by Crippen LogP contribution is -2.46. The predicted molar refractivity (Wildman–Crippen MR) is 82.9 cm³/mol. The van der Waals surface area contributed by atoms with Crippen molar-refractivity contribution in [3.05, 3.63) is 65.5 Å². The Hall–Kier alpha value is -2.20. The topological polar surface area (TPSA) is 49.3 Å². The second-order valence-electron chi connectivity index (χ2n) is 5.76. The number of rotatable bonds is 4. The average Bonchev–Trinajstić information content (AvgIpc) is 2.46. The number of amides is 1. The molecule has 0 saturated heterocycles. The molecule has 0 radical (unpaired) electrons. The van der Waals surface area contributed by atoms with Crippen molar-refractivity contribution in [3.8, 4) is 0 Å². The normalized spacial score (nSPS) is 15.9. The number of anilines is 1. The standard InChI is InChI=1S/C18H18FNO2/c19-15-6-2-5-14(11-15)18(8-3-9-18)17(22)20-16-7-1-4-13(10-16)12-21/h1-2,4-7,10-11,21H,3,8-9,12H2,(H,20,22). The summed E-state index contributed by atoms with van der Waals surface area (Å²) in [6.45, 7) is -0.0707. The van der Waals surface area contributed by atoms with Gasteiger partial charge < -0.3 is 10.4 Å². The van der Waals surface area contributed by atoms with Crippen molar-refractivity contribution >= 4 is 11.6 Å². The monoisotopic (exact) mass is 299 g/mol. The van der Waals surface area contributed by atoms with Crippen molar-refractivity contribution in [1.82, 2.24) is 0 Å². The van der Waals surface area contributed by atoms with Gasteiger partial charge in [-0.3, -0.25) is 4.79 Å². The highest BCUT2D eigenvalue weighted by Gasteiger charge is 2.45. The molecular weight excluding hydrogens is 281 g/mol. The minimum Gasteiger partial charge on any atom is -0.392 e. The summed E-state index contributed by atoms with van der Waals surface area (Å²) in [6.07, 6.45) is 2.41. The van der Waals surface area contributed by atoms with Crippen LogP contribution in [0.3, 0.4) is 0 Å². The Labute approximate surface area is 128 Å². The molecule has 3 rings (SSSR count). The Bertz CT molecular complexity index is 695. The molecule has 1 saturated carbocycles. The summed E-state index contributed by atoms with van der Waals surface area (Å²) in [6, 6.07) is 13.4. The first kappa shape index (κ1) is 14.7. The van der Waals surface area contributed by atoms with Gasteiger partial charge in [0.2, 0.25) is 5.91 Å². The fourth-order valence-electron chi connectivity index (χ4n) is 2.96. The summed E-state index contributed by atoms with van der Waals surface area (Å²) in [4.78, 5) is 12.7. The molecule has 1 fully saturated rings. The van der Waals surface area contributed by atoms with E-state index in [0.717, 1.165) is 30.4 Å². The number of nitrogens with one attached hydrogen (secondary N) is 1. The maximum atomic E-state index is 13.5. The second kappa shape index (κ2) is 5.89. The molecule has 1 aliphatic carbocycles. The van der Waals surface area contributed by atoms with E-state index in [-0.39, 0.29) is 18.3 Å². The zero-order chi connectivity index (χ0) is 15.6. The van der Waals surface area contributed by atoms with Gasteiger partial charge in [0, 0.05) is 5.69 Å². The van der Waals surface area contributed by atoms with Crippen LogP contribution in [0.1, 0.15) is 30.4 Å². The summed E-state index contributed by atoms with van der Waals surface area (Å²) >= 11 is 0. The molecule has 0 unspecified atom stereocenters. The first-order valence-electron chi connectivity index (χ1n) is 7.41. The third-order valence-electron chi connectivity index (χ3n) is 4.39. The molecule has 0 heterocycles. The van der Waals surface area contributed by atoms with E-state index in [0.29, 0.717) is 5.69 Å². The summed E-state index contributed by atoms with van der Waals surface area (Å²) in [5, 5.41) is 12.1. The van der Waals surface area contributed by atoms with Crippen LogP contribution in [0.4, 0.5) is 10.1 Å². The van der Waals surface area contributed by atoms with Crippen molar-refractivity contribution < 1.29 is 14.3 Å². The Kier molecular flexibility index (Phi) is 3.94. The van der Waals surface area contributed by atoms with E-state index >= 15 is 0 Å². The maximum absolute atomic E-state index is 13.5. The average molecular weight is 299 g/mol. The van der Waals surface area contributed by atoms with E-state index in [1.807, 2.05) is 6.07 Å². The number of aliphatic hydroxyl groups excluding tert-OH is 1. The van der Waals surface area contributed by atoms with Gasteiger partial charge in [-0.05, 0) is 48.2 Å². The number of hydrogen-bond donors (Lipinski definition) is 2. The molecule has 0 bridgehead atoms. The van der Waals surface area contributed by atoms with Crippen molar-refractivity contribution in [2.75, 3.05) is 5.32 Å². The van der Waals surface area contributed by atoms with E-state index in [9.17, 15) is 9.18 Å². The van der Waals surface area contributed by atoms with Crippen LogP contribution in [0.5, 0.6) is 0 Å². The summed E-state index contributed by atoms with van der Waals surface area (Å²) in [7, 11) is 0. The third kappa shape index (κ3) is 2.62. The quantitative estimate of drug-likeness (QED) is 0.909. The van der Waals surface area contributed by atoms with Gasteiger partial charge in [-0.1, -0.05) is 30.7 Å². The number of carbonyl (C=O) groups excluding carboxylic acids is 1. The zero-order valence-electron chi connectivity index (χ0n) is 12.2. The molecule has 2 N–H and O–H groups in total. The van der Waals surface area contributed by atoms with Gasteiger partial charge in [0.15, 0.2) is 0 Å². The summed E-state index contributed by atoms with van der Waals surface area (Å²) in [5.41, 5.74) is 1.48. The second-order valence-corrected chi connectivity index (χ2v) is 5.76. The van der Waals surface area contributed by atoms with Crippen LogP contribution in [-0.2, 0) is 16.8 Å². The Morgan fingerprint density at radius 3 is 2.59 bits per heavy atom. The lowest BCUT2D eigenvalue weighted by atomic mass is 9.63. The van der Waals surface area contributed by atoms with Gasteiger partial charge in [0.25, 0.3) is 0 Å². The van der Waals surface area contributed by atoms with Crippen LogP contribution in [0.15, 0.2) is 48.5 Å². The van der Waals surface area contributed by atoms with Crippen LogP contribution >= 0.6 is 0 Å². The van der Waals surface area contributed by atoms with E-state index in [2.05, 4.69) is 5.32 Å². The molecule has 3 nitrogen and oxygen atoms in total. The van der Waals surface area contributed by atoms with Crippen molar-refractivity contribution in [1.29, 1.82) is 0 Å². The highest BCUT2D eigenvalue weighted by Crippen LogP contribution is 2.44. The fourth-order valence-corrected chi connectivity index (χ4v) is 2.96. The molecule has 22 heavy (non-hydrogen) atoms. The molecule has 0 aromatic heterocycles. The fraction of sp³-hybridized carbons (Fsp3) is 0.278. The lowest BCUT2D eigenvalue weighted by molar-refractivity contribution is -0.124. The molecule has 1 amide bonds. The summed E-state index contributed by atoms with van der Waals surface area (Å²) < 4.78 is 13.5. The molecule has 0 atom stereocenters. The number of carbonyl (C=O) groups is 1. The van der Waals surface area contributed by atoms with Crippen LogP contribution in [0.2, 0.25) is 0 Å². The molecule has 2 aromatic carbocycles. The first-order chi connectivity index (χ1) is 10.6. The Balaban J connectivity index is 1.85. The molecular formula is C18H18FNO2. The van der Waals surface area contributed by atoms with Crippen molar-refractivity contribution in [2.24, 2.45) is 0 Å². The van der Waals surface area contributed by atoms with E-state index in [1.165, 1.54) is 12.1 Å². The Morgan fingerprint density at radius 1 is 1.18 bits per heavy atom. The van der Waals surface area contributed by atoms with Gasteiger partial charge in [-0.25, -0.2) is 4.39 Å². The highest BCUT2D eigenvalue weighted by atomic mass is 19.1. The van der Waals surface area contributed by atoms with Crippen molar-refractivity contribution in [3.63, 3.8) is 0 Å². The van der Waals surface area contributed by atoms with Gasteiger partial charge >= 0.3 is 0 Å². The highest BCUT2D eigenvalue weighted by molar-refractivity contribution is 6.00.